The number of aromatic nitrogens is 2. The van der Waals surface area contributed by atoms with E-state index in [1.165, 1.54) is 0 Å². The second-order valence-corrected chi connectivity index (χ2v) is 7.43. The van der Waals surface area contributed by atoms with Gasteiger partial charge in [0.1, 0.15) is 5.82 Å². The van der Waals surface area contributed by atoms with Crippen LogP contribution in [-0.4, -0.2) is 33.2 Å². The van der Waals surface area contributed by atoms with Crippen molar-refractivity contribution in [2.75, 3.05) is 6.54 Å². The fourth-order valence-corrected chi connectivity index (χ4v) is 4.33. The van der Waals surface area contributed by atoms with Crippen molar-refractivity contribution in [1.82, 2.24) is 20.2 Å². The number of rotatable bonds is 4. The number of benzene rings is 1. The predicted molar refractivity (Wildman–Crippen MR) is 104 cm³/mol. The summed E-state index contributed by atoms with van der Waals surface area (Å²) in [5.74, 6) is 0.383. The average Bonchev–Trinajstić information content (AvgIpc) is 3.27. The number of hydrogen-bond acceptors (Lipinski definition) is 4. The van der Waals surface area contributed by atoms with Gasteiger partial charge in [0.2, 0.25) is 5.91 Å². The minimum absolute atomic E-state index is 0.0376. The van der Waals surface area contributed by atoms with E-state index in [2.05, 4.69) is 15.3 Å². The molecule has 2 amide bonds. The molecule has 2 atom stereocenters. The van der Waals surface area contributed by atoms with Gasteiger partial charge in [-0.1, -0.05) is 25.1 Å². The Hall–Kier alpha value is -2.96. The zero-order chi connectivity index (χ0) is 19.8. The van der Waals surface area contributed by atoms with Crippen LogP contribution in [0.3, 0.4) is 0 Å². The Morgan fingerprint density at radius 2 is 2.07 bits per heavy atom. The van der Waals surface area contributed by atoms with E-state index in [1.54, 1.807) is 11.0 Å². The molecule has 4 rings (SSSR count). The number of likely N-dealkylation sites (tertiary alicyclic amines) is 1. The number of aromatic amines is 1. The second kappa shape index (κ2) is 7.22. The molecule has 0 radical (unpaired) electrons. The van der Waals surface area contributed by atoms with Crippen molar-refractivity contribution >= 4 is 11.8 Å². The van der Waals surface area contributed by atoms with Crippen molar-refractivity contribution in [3.63, 3.8) is 0 Å². The van der Waals surface area contributed by atoms with Crippen molar-refractivity contribution in [3.8, 4) is 0 Å². The molecular weight excluding hydrogens is 356 g/mol. The third kappa shape index (κ3) is 3.10. The molecule has 1 saturated heterocycles. The topological polar surface area (TPSA) is 95.2 Å². The second-order valence-electron chi connectivity index (χ2n) is 7.43. The van der Waals surface area contributed by atoms with E-state index in [9.17, 15) is 14.4 Å². The van der Waals surface area contributed by atoms with Crippen LogP contribution in [0.2, 0.25) is 0 Å². The van der Waals surface area contributed by atoms with Gasteiger partial charge in [0, 0.05) is 23.4 Å². The summed E-state index contributed by atoms with van der Waals surface area (Å²) in [6.07, 6.45) is 2.47. The van der Waals surface area contributed by atoms with Crippen LogP contribution in [-0.2, 0) is 11.2 Å². The number of nitrogens with zero attached hydrogens (tertiary/aromatic N) is 2. The van der Waals surface area contributed by atoms with E-state index in [1.807, 2.05) is 32.0 Å². The first-order chi connectivity index (χ1) is 13.5. The van der Waals surface area contributed by atoms with Gasteiger partial charge in [-0.15, -0.1) is 0 Å². The van der Waals surface area contributed by atoms with Gasteiger partial charge >= 0.3 is 0 Å². The van der Waals surface area contributed by atoms with E-state index < -0.39 is 0 Å². The molecule has 1 fully saturated rings. The van der Waals surface area contributed by atoms with Crippen molar-refractivity contribution in [2.45, 2.75) is 51.6 Å². The van der Waals surface area contributed by atoms with Crippen LogP contribution >= 0.6 is 0 Å². The van der Waals surface area contributed by atoms with Crippen molar-refractivity contribution in [3.05, 3.63) is 62.8 Å². The first-order valence-corrected chi connectivity index (χ1v) is 9.78. The summed E-state index contributed by atoms with van der Waals surface area (Å²) in [6.45, 7) is 4.39. The Kier molecular flexibility index (Phi) is 4.75. The van der Waals surface area contributed by atoms with Crippen molar-refractivity contribution in [1.29, 1.82) is 0 Å². The van der Waals surface area contributed by atoms with E-state index >= 15 is 0 Å². The maximum absolute atomic E-state index is 13.0. The number of nitrogens with one attached hydrogen (secondary N) is 2. The van der Waals surface area contributed by atoms with Gasteiger partial charge in [0.25, 0.3) is 11.5 Å². The molecule has 2 aliphatic heterocycles. The van der Waals surface area contributed by atoms with Crippen molar-refractivity contribution in [2.24, 2.45) is 0 Å². The molecule has 146 valence electrons. The number of carbonyl (C=O) groups excluding carboxylic acids is 2. The zero-order valence-electron chi connectivity index (χ0n) is 16.1. The minimum atomic E-state index is -0.311. The van der Waals surface area contributed by atoms with Gasteiger partial charge in [0.15, 0.2) is 0 Å². The Bertz CT molecular complexity index is 997. The van der Waals surface area contributed by atoms with Crippen LogP contribution in [0, 0.1) is 6.92 Å². The first-order valence-electron chi connectivity index (χ1n) is 9.78. The molecule has 2 N–H and O–H groups in total. The summed E-state index contributed by atoms with van der Waals surface area (Å²) in [6, 6.07) is 6.83. The number of carbonyl (C=O) groups is 2. The molecule has 2 aliphatic rings. The summed E-state index contributed by atoms with van der Waals surface area (Å²) >= 11 is 0. The number of fused-ring (bicyclic) bond motifs is 1. The van der Waals surface area contributed by atoms with Crippen LogP contribution in [0.5, 0.6) is 0 Å². The molecule has 3 heterocycles. The summed E-state index contributed by atoms with van der Waals surface area (Å²) in [4.78, 5) is 46.7. The Labute approximate surface area is 163 Å². The number of hydrogen-bond donors (Lipinski definition) is 2. The monoisotopic (exact) mass is 380 g/mol. The van der Waals surface area contributed by atoms with Crippen molar-refractivity contribution < 1.29 is 9.59 Å². The standard InChI is InChI=1S/C21H24N4O3/c1-3-13-12(2)22-19(24-20(13)27)17-9-6-10-25(17)18(26)11-16-14-7-4-5-8-15(14)21(28)23-16/h4-5,7-8,16-17H,3,6,9-11H2,1-2H3,(H,23,28)(H,22,24,27). The van der Waals surface area contributed by atoms with Crippen LogP contribution in [0.25, 0.3) is 0 Å². The maximum atomic E-state index is 13.0. The highest BCUT2D eigenvalue weighted by Crippen LogP contribution is 2.33. The van der Waals surface area contributed by atoms with Gasteiger partial charge in [-0.2, -0.15) is 0 Å². The lowest BCUT2D eigenvalue weighted by atomic mass is 10.0. The largest absolute Gasteiger partial charge is 0.345 e. The molecule has 28 heavy (non-hydrogen) atoms. The molecule has 7 nitrogen and oxygen atoms in total. The number of amides is 2. The SMILES string of the molecule is CCc1c(C)nc(C2CCCN2C(=O)CC2NC(=O)c3ccccc32)[nH]c1=O. The Morgan fingerprint density at radius 1 is 1.29 bits per heavy atom. The minimum Gasteiger partial charge on any atom is -0.345 e. The van der Waals surface area contributed by atoms with Gasteiger partial charge in [0.05, 0.1) is 18.5 Å². The first kappa shape index (κ1) is 18.4. The van der Waals surface area contributed by atoms with E-state index in [4.69, 9.17) is 0 Å². The van der Waals surface area contributed by atoms with Crippen LogP contribution in [0.4, 0.5) is 0 Å². The summed E-state index contributed by atoms with van der Waals surface area (Å²) in [7, 11) is 0. The molecule has 0 spiro atoms. The molecule has 0 saturated carbocycles. The Morgan fingerprint density at radius 3 is 2.82 bits per heavy atom. The number of H-pyrrole nitrogens is 1. The lowest BCUT2D eigenvalue weighted by molar-refractivity contribution is -0.132. The smallest absolute Gasteiger partial charge is 0.254 e. The third-order valence-corrected chi connectivity index (χ3v) is 5.75. The molecular formula is C21H24N4O3. The van der Waals surface area contributed by atoms with Gasteiger partial charge in [-0.25, -0.2) is 4.98 Å². The molecule has 2 unspecified atom stereocenters. The zero-order valence-corrected chi connectivity index (χ0v) is 16.1. The maximum Gasteiger partial charge on any atom is 0.254 e. The molecule has 1 aromatic carbocycles. The van der Waals surface area contributed by atoms with Gasteiger partial charge in [-0.3, -0.25) is 14.4 Å². The molecule has 0 bridgehead atoms. The van der Waals surface area contributed by atoms with E-state index in [0.717, 1.165) is 24.1 Å². The Balaban J connectivity index is 1.55. The van der Waals surface area contributed by atoms with Crippen LogP contribution in [0.15, 0.2) is 29.1 Å². The van der Waals surface area contributed by atoms with Gasteiger partial charge in [-0.05, 0) is 37.8 Å². The lowest BCUT2D eigenvalue weighted by Crippen LogP contribution is -2.35. The van der Waals surface area contributed by atoms with E-state index in [0.29, 0.717) is 29.9 Å². The molecule has 0 aliphatic carbocycles. The predicted octanol–water partition coefficient (Wildman–Crippen LogP) is 2.18. The molecule has 1 aromatic heterocycles. The molecule has 7 heteroatoms. The summed E-state index contributed by atoms with van der Waals surface area (Å²) in [5, 5.41) is 2.90. The average molecular weight is 380 g/mol. The summed E-state index contributed by atoms with van der Waals surface area (Å²) in [5.41, 5.74) is 2.78. The highest BCUT2D eigenvalue weighted by atomic mass is 16.2. The van der Waals surface area contributed by atoms with E-state index in [-0.39, 0.29) is 35.9 Å². The lowest BCUT2D eigenvalue weighted by Gasteiger charge is -2.26. The molecule has 2 aromatic rings. The normalized spacial score (nSPS) is 20.9. The van der Waals surface area contributed by atoms with Crippen LogP contribution < -0.4 is 10.9 Å². The fourth-order valence-electron chi connectivity index (χ4n) is 4.33. The van der Waals surface area contributed by atoms with Gasteiger partial charge < -0.3 is 15.2 Å². The quantitative estimate of drug-likeness (QED) is 0.850. The highest BCUT2D eigenvalue weighted by Gasteiger charge is 2.36. The number of aryl methyl sites for hydroxylation is 1. The highest BCUT2D eigenvalue weighted by molar-refractivity contribution is 5.99. The fraction of sp³-hybridized carbons (Fsp3) is 0.429. The van der Waals surface area contributed by atoms with Crippen LogP contribution in [0.1, 0.15) is 71.3 Å². The summed E-state index contributed by atoms with van der Waals surface area (Å²) < 4.78 is 0. The third-order valence-electron chi connectivity index (χ3n) is 5.75.